The number of Topliss-reactive ketones (excluding diaryl/α,β-unsaturated/α-hetero) is 1. The van der Waals surface area contributed by atoms with Crippen molar-refractivity contribution in [3.05, 3.63) is 89.7 Å². The number of carbonyl (C=O) groups excluding carboxylic acids is 2. The molecule has 1 amide bonds. The number of nitrogens with zero attached hydrogens (tertiary/aromatic N) is 1. The molecular weight excluding hydrogens is 471 g/mol. The number of benzene rings is 2. The van der Waals surface area contributed by atoms with Crippen LogP contribution in [-0.2, 0) is 33.5 Å². The minimum absolute atomic E-state index is 0.0374. The number of anilines is 2. The Bertz CT molecular complexity index is 1190. The molecule has 9 heteroatoms. The van der Waals surface area contributed by atoms with Gasteiger partial charge in [-0.1, -0.05) is 30.3 Å². The number of amides is 1. The summed E-state index contributed by atoms with van der Waals surface area (Å²) in [6, 6.07) is 17.4. The molecule has 0 spiro atoms. The van der Waals surface area contributed by atoms with Crippen LogP contribution >= 0.6 is 0 Å². The van der Waals surface area contributed by atoms with Crippen molar-refractivity contribution in [3.8, 4) is 0 Å². The Hall–Kier alpha value is -3.72. The number of pyridine rings is 1. The van der Waals surface area contributed by atoms with Crippen LogP contribution in [0.1, 0.15) is 29.7 Å². The zero-order valence-corrected chi connectivity index (χ0v) is 19.5. The molecule has 36 heavy (non-hydrogen) atoms. The first-order valence-corrected chi connectivity index (χ1v) is 11.6. The van der Waals surface area contributed by atoms with Crippen LogP contribution in [0.2, 0.25) is 0 Å². The summed E-state index contributed by atoms with van der Waals surface area (Å²) in [5.41, 5.74) is 0.208. The van der Waals surface area contributed by atoms with Gasteiger partial charge in [0.05, 0.1) is 23.3 Å². The van der Waals surface area contributed by atoms with Gasteiger partial charge in [0.15, 0.2) is 0 Å². The zero-order valence-electron chi connectivity index (χ0n) is 19.5. The summed E-state index contributed by atoms with van der Waals surface area (Å²) < 4.78 is 45.1. The maximum atomic E-state index is 13.2. The van der Waals surface area contributed by atoms with Gasteiger partial charge in [-0.15, -0.1) is 0 Å². The van der Waals surface area contributed by atoms with Crippen molar-refractivity contribution >= 4 is 23.1 Å². The molecule has 1 aliphatic rings. The summed E-state index contributed by atoms with van der Waals surface area (Å²) in [6.07, 6.45) is -2.17. The third kappa shape index (κ3) is 6.28. The highest BCUT2D eigenvalue weighted by atomic mass is 19.4. The Morgan fingerprint density at radius 2 is 1.75 bits per heavy atom. The maximum Gasteiger partial charge on any atom is 0.418 e. The van der Waals surface area contributed by atoms with E-state index in [9.17, 15) is 22.8 Å². The molecule has 2 N–H and O–H groups in total. The lowest BCUT2D eigenvalue weighted by Crippen LogP contribution is -2.43. The van der Waals surface area contributed by atoms with Gasteiger partial charge in [-0.05, 0) is 48.4 Å². The highest BCUT2D eigenvalue weighted by Gasteiger charge is 2.43. The van der Waals surface area contributed by atoms with E-state index in [1.807, 2.05) is 6.07 Å². The summed E-state index contributed by atoms with van der Waals surface area (Å²) in [6.45, 7) is 0.798. The number of halogens is 3. The summed E-state index contributed by atoms with van der Waals surface area (Å²) >= 11 is 0. The molecule has 2 aromatic carbocycles. The standard InChI is InChI=1S/C27H26F3N3O3/c28-27(29,30)23-6-1-2-7-24(23)33-20-10-8-19(9-11-20)17-32-25(35)26(12-14-36-18-26)16-22(34)15-21-5-3-4-13-31-21/h1-11,13,33H,12,14-18H2,(H,32,35)/t26-/m0/s1. The van der Waals surface area contributed by atoms with Crippen molar-refractivity contribution in [2.45, 2.75) is 32.0 Å². The van der Waals surface area contributed by atoms with E-state index in [0.717, 1.165) is 11.6 Å². The molecule has 0 aliphatic carbocycles. The fourth-order valence-electron chi connectivity index (χ4n) is 4.22. The van der Waals surface area contributed by atoms with Crippen LogP contribution in [0.25, 0.3) is 0 Å². The van der Waals surface area contributed by atoms with Crippen LogP contribution in [0.3, 0.4) is 0 Å². The van der Waals surface area contributed by atoms with Gasteiger partial charge in [-0.2, -0.15) is 13.2 Å². The average Bonchev–Trinajstić information content (AvgIpc) is 3.33. The van der Waals surface area contributed by atoms with Crippen LogP contribution in [-0.4, -0.2) is 29.9 Å². The molecule has 1 aromatic heterocycles. The van der Waals surface area contributed by atoms with Crippen molar-refractivity contribution in [1.82, 2.24) is 10.3 Å². The van der Waals surface area contributed by atoms with Crippen molar-refractivity contribution < 1.29 is 27.5 Å². The van der Waals surface area contributed by atoms with E-state index in [4.69, 9.17) is 4.74 Å². The number of aromatic nitrogens is 1. The number of hydrogen-bond donors (Lipinski definition) is 2. The van der Waals surface area contributed by atoms with E-state index >= 15 is 0 Å². The number of rotatable bonds is 9. The van der Waals surface area contributed by atoms with E-state index in [-0.39, 0.29) is 43.4 Å². The summed E-state index contributed by atoms with van der Waals surface area (Å²) in [5, 5.41) is 5.69. The Kier molecular flexibility index (Phi) is 7.69. The van der Waals surface area contributed by atoms with Crippen molar-refractivity contribution in [2.75, 3.05) is 18.5 Å². The topological polar surface area (TPSA) is 80.3 Å². The second-order valence-corrected chi connectivity index (χ2v) is 8.84. The second kappa shape index (κ2) is 10.9. The first-order valence-electron chi connectivity index (χ1n) is 11.6. The molecular formula is C27H26F3N3O3. The molecule has 1 aliphatic heterocycles. The van der Waals surface area contributed by atoms with Crippen molar-refractivity contribution in [2.24, 2.45) is 5.41 Å². The first kappa shape index (κ1) is 25.4. The number of ether oxygens (including phenoxy) is 1. The highest BCUT2D eigenvalue weighted by molar-refractivity contribution is 5.90. The monoisotopic (exact) mass is 497 g/mol. The van der Waals surface area contributed by atoms with Gasteiger partial charge >= 0.3 is 6.18 Å². The molecule has 3 aromatic rings. The molecule has 0 bridgehead atoms. The minimum atomic E-state index is -4.47. The van der Waals surface area contributed by atoms with Gasteiger partial charge in [0.1, 0.15) is 5.78 Å². The number of nitrogens with one attached hydrogen (secondary N) is 2. The van der Waals surface area contributed by atoms with Crippen molar-refractivity contribution in [3.63, 3.8) is 0 Å². The Morgan fingerprint density at radius 3 is 2.42 bits per heavy atom. The van der Waals surface area contributed by atoms with E-state index in [1.54, 1.807) is 42.6 Å². The number of carbonyl (C=O) groups is 2. The molecule has 1 saturated heterocycles. The van der Waals surface area contributed by atoms with Gasteiger partial charge in [-0.3, -0.25) is 14.6 Å². The van der Waals surface area contributed by atoms with Crippen molar-refractivity contribution in [1.29, 1.82) is 0 Å². The van der Waals surface area contributed by atoms with E-state index in [2.05, 4.69) is 15.6 Å². The SMILES string of the molecule is O=C(Cc1ccccn1)C[C@@]1(C(=O)NCc2ccc(Nc3ccccc3C(F)(F)F)cc2)CCOC1. The number of hydrogen-bond acceptors (Lipinski definition) is 5. The molecule has 0 saturated carbocycles. The van der Waals surface area contributed by atoms with Crippen LogP contribution < -0.4 is 10.6 Å². The molecule has 1 fully saturated rings. The quantitative estimate of drug-likeness (QED) is 0.432. The van der Waals surface area contributed by atoms with Crippen LogP contribution in [0.5, 0.6) is 0 Å². The lowest BCUT2D eigenvalue weighted by Gasteiger charge is -2.25. The molecule has 0 radical (unpaired) electrons. The van der Waals surface area contributed by atoms with Gasteiger partial charge in [-0.25, -0.2) is 0 Å². The third-order valence-corrected chi connectivity index (χ3v) is 6.14. The molecule has 0 unspecified atom stereocenters. The highest BCUT2D eigenvalue weighted by Crippen LogP contribution is 2.36. The molecule has 2 heterocycles. The zero-order chi connectivity index (χ0) is 25.6. The lowest BCUT2D eigenvalue weighted by atomic mass is 9.80. The second-order valence-electron chi connectivity index (χ2n) is 8.84. The van der Waals surface area contributed by atoms with Crippen LogP contribution in [0.4, 0.5) is 24.5 Å². The van der Waals surface area contributed by atoms with Crippen LogP contribution in [0, 0.1) is 5.41 Å². The summed E-state index contributed by atoms with van der Waals surface area (Å²) in [4.78, 5) is 29.9. The summed E-state index contributed by atoms with van der Waals surface area (Å²) in [5.74, 6) is -0.334. The predicted octanol–water partition coefficient (Wildman–Crippen LogP) is 5.07. The Morgan fingerprint density at radius 1 is 1.00 bits per heavy atom. The largest absolute Gasteiger partial charge is 0.418 e. The Balaban J connectivity index is 1.36. The van der Waals surface area contributed by atoms with E-state index in [0.29, 0.717) is 24.4 Å². The summed E-state index contributed by atoms with van der Waals surface area (Å²) in [7, 11) is 0. The third-order valence-electron chi connectivity index (χ3n) is 6.14. The Labute approximate surface area is 206 Å². The lowest BCUT2D eigenvalue weighted by molar-refractivity contribution is -0.137. The fourth-order valence-corrected chi connectivity index (χ4v) is 4.22. The van der Waals surface area contributed by atoms with E-state index < -0.39 is 17.2 Å². The van der Waals surface area contributed by atoms with Gasteiger partial charge < -0.3 is 15.4 Å². The van der Waals surface area contributed by atoms with E-state index in [1.165, 1.54) is 18.2 Å². The number of ketones is 1. The minimum Gasteiger partial charge on any atom is -0.380 e. The molecule has 188 valence electrons. The van der Waals surface area contributed by atoms with Crippen LogP contribution in [0.15, 0.2) is 72.9 Å². The predicted molar refractivity (Wildman–Crippen MR) is 128 cm³/mol. The van der Waals surface area contributed by atoms with Gasteiger partial charge in [0.2, 0.25) is 5.91 Å². The van der Waals surface area contributed by atoms with Gasteiger partial charge in [0, 0.05) is 43.6 Å². The average molecular weight is 498 g/mol. The fraction of sp³-hybridized carbons (Fsp3) is 0.296. The maximum absolute atomic E-state index is 13.2. The molecule has 6 nitrogen and oxygen atoms in total. The van der Waals surface area contributed by atoms with Gasteiger partial charge in [0.25, 0.3) is 0 Å². The molecule has 4 rings (SSSR count). The number of alkyl halides is 3. The number of para-hydroxylation sites is 1. The first-order chi connectivity index (χ1) is 17.2. The smallest absolute Gasteiger partial charge is 0.380 e. The normalized spacial score (nSPS) is 17.5. The molecule has 1 atom stereocenters.